The van der Waals surface area contributed by atoms with Crippen molar-refractivity contribution in [2.24, 2.45) is 5.92 Å². The summed E-state index contributed by atoms with van der Waals surface area (Å²) in [4.78, 5) is 38.5. The van der Waals surface area contributed by atoms with E-state index in [1.54, 1.807) is 29.8 Å². The number of rotatable bonds is 9. The van der Waals surface area contributed by atoms with Crippen molar-refractivity contribution in [1.82, 2.24) is 4.31 Å². The van der Waals surface area contributed by atoms with E-state index >= 15 is 0 Å². The van der Waals surface area contributed by atoms with E-state index in [1.807, 2.05) is 17.5 Å². The number of anilines is 1. The van der Waals surface area contributed by atoms with E-state index in [-0.39, 0.29) is 29.5 Å². The predicted octanol–water partition coefficient (Wildman–Crippen LogP) is 4.30. The van der Waals surface area contributed by atoms with Crippen molar-refractivity contribution in [3.63, 3.8) is 0 Å². The first-order valence-corrected chi connectivity index (χ1v) is 15.2. The van der Waals surface area contributed by atoms with Crippen molar-refractivity contribution < 1.29 is 32.3 Å². The van der Waals surface area contributed by atoms with E-state index in [0.717, 1.165) is 16.2 Å². The lowest BCUT2D eigenvalue weighted by atomic mass is 9.98. The topological polar surface area (TPSA) is 119 Å². The van der Waals surface area contributed by atoms with Gasteiger partial charge >= 0.3 is 11.9 Å². The second-order valence-electron chi connectivity index (χ2n) is 7.82. The number of amides is 1. The van der Waals surface area contributed by atoms with Gasteiger partial charge in [0.15, 0.2) is 6.61 Å². The number of sulfonamides is 1. The second kappa shape index (κ2) is 11.6. The molecule has 3 aromatic rings. The van der Waals surface area contributed by atoms with Crippen LogP contribution in [0.1, 0.15) is 30.1 Å². The van der Waals surface area contributed by atoms with Gasteiger partial charge in [0, 0.05) is 28.9 Å². The summed E-state index contributed by atoms with van der Waals surface area (Å²) >= 11 is 3.81. The molecule has 4 heterocycles. The quantitative estimate of drug-likeness (QED) is 0.382. The SMILES string of the molecule is CCOC(=O)c1c(-c2cccs2)csc1NC(=O)COC(=O)C1CCN(S(=O)(=O)c2cccs2)CC1. The molecule has 1 aliphatic heterocycles. The van der Waals surface area contributed by atoms with Crippen molar-refractivity contribution in [2.75, 3.05) is 31.6 Å². The zero-order valence-corrected chi connectivity index (χ0v) is 22.6. The fourth-order valence-electron chi connectivity index (χ4n) is 3.76. The molecule has 192 valence electrons. The summed E-state index contributed by atoms with van der Waals surface area (Å²) in [6.45, 7) is 1.79. The van der Waals surface area contributed by atoms with Gasteiger partial charge in [0.25, 0.3) is 15.9 Å². The predicted molar refractivity (Wildman–Crippen MR) is 139 cm³/mol. The fourth-order valence-corrected chi connectivity index (χ4v) is 8.16. The van der Waals surface area contributed by atoms with Crippen LogP contribution in [0.25, 0.3) is 10.4 Å². The summed E-state index contributed by atoms with van der Waals surface area (Å²) in [5.74, 6) is -2.16. The first-order chi connectivity index (χ1) is 17.3. The Bertz CT molecular complexity index is 1310. The van der Waals surface area contributed by atoms with Crippen molar-refractivity contribution in [3.8, 4) is 10.4 Å². The van der Waals surface area contributed by atoms with Gasteiger partial charge in [-0.25, -0.2) is 13.2 Å². The van der Waals surface area contributed by atoms with E-state index in [1.165, 1.54) is 27.0 Å². The fraction of sp³-hybridized carbons (Fsp3) is 0.348. The van der Waals surface area contributed by atoms with Crippen LogP contribution in [-0.4, -0.2) is 56.9 Å². The van der Waals surface area contributed by atoms with E-state index < -0.39 is 40.4 Å². The highest BCUT2D eigenvalue weighted by molar-refractivity contribution is 7.91. The number of carbonyl (C=O) groups excluding carboxylic acids is 3. The molecular weight excluding hydrogens is 545 g/mol. The number of hydrogen-bond acceptors (Lipinski definition) is 10. The number of hydrogen-bond donors (Lipinski definition) is 1. The van der Waals surface area contributed by atoms with Gasteiger partial charge in [-0.15, -0.1) is 34.0 Å². The molecule has 9 nitrogen and oxygen atoms in total. The Morgan fingerprint density at radius 1 is 1.06 bits per heavy atom. The standard InChI is InChI=1S/C23H24N2O7S4/c1-2-31-23(28)20-16(17-5-3-11-33-17)14-35-21(20)24-18(26)13-32-22(27)15-7-9-25(10-8-15)36(29,30)19-6-4-12-34-19/h3-6,11-12,14-15H,2,7-10,13H2,1H3,(H,24,26). The Balaban J connectivity index is 1.32. The minimum Gasteiger partial charge on any atom is -0.462 e. The average molecular weight is 569 g/mol. The Morgan fingerprint density at radius 3 is 2.42 bits per heavy atom. The molecule has 1 N–H and O–H groups in total. The largest absolute Gasteiger partial charge is 0.462 e. The Hall–Kier alpha value is -2.58. The van der Waals surface area contributed by atoms with Crippen LogP contribution >= 0.6 is 34.0 Å². The molecule has 3 aromatic heterocycles. The first kappa shape index (κ1) is 26.5. The lowest BCUT2D eigenvalue weighted by molar-refractivity contribution is -0.152. The van der Waals surface area contributed by atoms with Crippen molar-refractivity contribution in [2.45, 2.75) is 24.0 Å². The zero-order valence-electron chi connectivity index (χ0n) is 19.3. The summed E-state index contributed by atoms with van der Waals surface area (Å²) in [6, 6.07) is 6.98. The molecule has 1 fully saturated rings. The molecule has 0 aliphatic carbocycles. The maximum atomic E-state index is 12.6. The van der Waals surface area contributed by atoms with Gasteiger partial charge in [0.05, 0.1) is 12.5 Å². The van der Waals surface area contributed by atoms with Crippen LogP contribution in [-0.2, 0) is 29.1 Å². The molecular formula is C23H24N2O7S4. The summed E-state index contributed by atoms with van der Waals surface area (Å²) in [7, 11) is -3.56. The maximum absolute atomic E-state index is 12.6. The lowest BCUT2D eigenvalue weighted by Crippen LogP contribution is -2.40. The van der Waals surface area contributed by atoms with Crippen molar-refractivity contribution in [3.05, 3.63) is 46.0 Å². The van der Waals surface area contributed by atoms with E-state index in [0.29, 0.717) is 23.4 Å². The van der Waals surface area contributed by atoms with Crippen LogP contribution in [0, 0.1) is 5.92 Å². The van der Waals surface area contributed by atoms with Gasteiger partial charge in [-0.1, -0.05) is 12.1 Å². The minimum atomic E-state index is -3.56. The number of nitrogens with one attached hydrogen (secondary N) is 1. The van der Waals surface area contributed by atoms with Crippen LogP contribution in [0.3, 0.4) is 0 Å². The summed E-state index contributed by atoms with van der Waals surface area (Å²) in [5, 5.41) is 8.35. The normalized spacial score (nSPS) is 14.9. The van der Waals surface area contributed by atoms with Crippen LogP contribution in [0.2, 0.25) is 0 Å². The Morgan fingerprint density at radius 2 is 1.78 bits per heavy atom. The molecule has 0 spiro atoms. The molecule has 1 amide bonds. The van der Waals surface area contributed by atoms with Gasteiger partial charge < -0.3 is 14.8 Å². The molecule has 1 aliphatic rings. The number of nitrogens with zero attached hydrogens (tertiary/aromatic N) is 1. The highest BCUT2D eigenvalue weighted by atomic mass is 32.2. The van der Waals surface area contributed by atoms with E-state index in [2.05, 4.69) is 5.32 Å². The molecule has 0 bridgehead atoms. The molecule has 13 heteroatoms. The molecule has 36 heavy (non-hydrogen) atoms. The molecule has 4 rings (SSSR count). The number of carbonyl (C=O) groups is 3. The van der Waals surface area contributed by atoms with Crippen LogP contribution < -0.4 is 5.32 Å². The third-order valence-electron chi connectivity index (χ3n) is 5.53. The Kier molecular flexibility index (Phi) is 8.57. The lowest BCUT2D eigenvalue weighted by Gasteiger charge is -2.29. The summed E-state index contributed by atoms with van der Waals surface area (Å²) in [6.07, 6.45) is 0.625. The minimum absolute atomic E-state index is 0.191. The molecule has 1 saturated heterocycles. The van der Waals surface area contributed by atoms with E-state index in [4.69, 9.17) is 9.47 Å². The van der Waals surface area contributed by atoms with Crippen LogP contribution in [0.4, 0.5) is 5.00 Å². The van der Waals surface area contributed by atoms with Crippen molar-refractivity contribution in [1.29, 1.82) is 0 Å². The summed E-state index contributed by atoms with van der Waals surface area (Å²) in [5.41, 5.74) is 0.938. The smallest absolute Gasteiger partial charge is 0.341 e. The highest BCUT2D eigenvalue weighted by Crippen LogP contribution is 2.38. The van der Waals surface area contributed by atoms with Gasteiger partial charge in [-0.05, 0) is 42.7 Å². The monoisotopic (exact) mass is 568 g/mol. The average Bonchev–Trinajstić information content (AvgIpc) is 3.65. The highest BCUT2D eigenvalue weighted by Gasteiger charge is 2.33. The third kappa shape index (κ3) is 5.86. The molecule has 0 aromatic carbocycles. The molecule has 0 unspecified atom stereocenters. The first-order valence-electron chi connectivity index (χ1n) is 11.1. The maximum Gasteiger partial charge on any atom is 0.341 e. The van der Waals surface area contributed by atoms with Gasteiger partial charge in [-0.3, -0.25) is 9.59 Å². The zero-order chi connectivity index (χ0) is 25.7. The number of ether oxygens (including phenoxy) is 2. The molecule has 0 radical (unpaired) electrons. The number of esters is 2. The van der Waals surface area contributed by atoms with Crippen LogP contribution in [0.5, 0.6) is 0 Å². The Labute approximate surface area is 220 Å². The van der Waals surface area contributed by atoms with Gasteiger partial charge in [0.2, 0.25) is 0 Å². The van der Waals surface area contributed by atoms with Crippen LogP contribution in [0.15, 0.2) is 44.6 Å². The van der Waals surface area contributed by atoms with Gasteiger partial charge in [0.1, 0.15) is 14.8 Å². The van der Waals surface area contributed by atoms with Gasteiger partial charge in [-0.2, -0.15) is 4.31 Å². The molecule has 0 atom stereocenters. The second-order valence-corrected chi connectivity index (χ2v) is 12.8. The third-order valence-corrected chi connectivity index (χ3v) is 10.6. The van der Waals surface area contributed by atoms with Crippen molar-refractivity contribution >= 4 is 66.9 Å². The molecule has 0 saturated carbocycles. The van der Waals surface area contributed by atoms with E-state index in [9.17, 15) is 22.8 Å². The summed E-state index contributed by atoms with van der Waals surface area (Å²) < 4.78 is 37.3. The number of piperidine rings is 1. The number of thiophene rings is 3.